The topological polar surface area (TPSA) is 24.7 Å². The molecule has 0 aliphatic rings. The van der Waals surface area contributed by atoms with Crippen LogP contribution in [0.2, 0.25) is 0 Å². The van der Waals surface area contributed by atoms with Crippen molar-refractivity contribution in [2.24, 2.45) is 9.98 Å². The van der Waals surface area contributed by atoms with Gasteiger partial charge in [0.1, 0.15) is 6.34 Å². The second-order valence-corrected chi connectivity index (χ2v) is 1.03. The fourth-order valence-corrected chi connectivity index (χ4v) is 0.187. The van der Waals surface area contributed by atoms with Crippen LogP contribution >= 0.6 is 0 Å². The summed E-state index contributed by atoms with van der Waals surface area (Å²) in [5.74, 6) is 2.57. The molecule has 0 atom stereocenters. The van der Waals surface area contributed by atoms with Crippen molar-refractivity contribution in [2.45, 2.75) is 0 Å². The molecule has 0 N–H and O–H groups in total. The van der Waals surface area contributed by atoms with Crippen molar-refractivity contribution < 1.29 is 0 Å². The lowest BCUT2D eigenvalue weighted by Gasteiger charge is -1.62. The Balaban J connectivity index is 3.63. The van der Waals surface area contributed by atoms with Gasteiger partial charge < -0.3 is 0 Å². The summed E-state index contributed by atoms with van der Waals surface area (Å²) in [6, 6.07) is 0. The van der Waals surface area contributed by atoms with Gasteiger partial charge in [-0.05, 0) is 11.9 Å². The van der Waals surface area contributed by atoms with Crippen LogP contribution in [0.5, 0.6) is 0 Å². The van der Waals surface area contributed by atoms with Gasteiger partial charge in [-0.3, -0.25) is 4.99 Å². The number of aliphatic imine (C=N–C) groups is 2. The van der Waals surface area contributed by atoms with Crippen LogP contribution in [0.4, 0.5) is 0 Å². The lowest BCUT2D eigenvalue weighted by molar-refractivity contribution is 1.45. The quantitative estimate of drug-likeness (QED) is 0.287. The first kappa shape index (κ1) is 6.86. The van der Waals surface area contributed by atoms with Crippen LogP contribution in [0.25, 0.3) is 0 Å². The minimum Gasteiger partial charge on any atom is -0.276 e. The van der Waals surface area contributed by atoms with Crippen molar-refractivity contribution in [2.75, 3.05) is 7.05 Å². The highest BCUT2D eigenvalue weighted by atomic mass is 14.8. The molecule has 0 fully saturated rings. The minimum absolute atomic E-state index is 1.42. The van der Waals surface area contributed by atoms with E-state index in [4.69, 9.17) is 0 Å². The van der Waals surface area contributed by atoms with E-state index in [0.29, 0.717) is 0 Å². The van der Waals surface area contributed by atoms with E-state index in [0.717, 1.165) is 0 Å². The lowest BCUT2D eigenvalue weighted by Crippen LogP contribution is -1.59. The summed E-state index contributed by atoms with van der Waals surface area (Å²) in [5, 5.41) is 0. The van der Waals surface area contributed by atoms with Crippen LogP contribution < -0.4 is 0 Å². The fraction of sp³-hybridized carbons (Fsp3) is 0.167. The van der Waals surface area contributed by atoms with E-state index < -0.39 is 0 Å². The van der Waals surface area contributed by atoms with Gasteiger partial charge >= 0.3 is 0 Å². The first-order valence-corrected chi connectivity index (χ1v) is 2.22. The Bertz CT molecular complexity index is 139. The van der Waals surface area contributed by atoms with Crippen molar-refractivity contribution in [1.82, 2.24) is 0 Å². The van der Waals surface area contributed by atoms with E-state index in [-0.39, 0.29) is 0 Å². The zero-order chi connectivity index (χ0) is 6.24. The molecule has 0 radical (unpaired) electrons. The van der Waals surface area contributed by atoms with E-state index in [1.807, 2.05) is 0 Å². The van der Waals surface area contributed by atoms with E-state index in [2.05, 4.69) is 22.4 Å². The van der Waals surface area contributed by atoms with Crippen LogP contribution in [0.3, 0.4) is 0 Å². The molecule has 0 bridgehead atoms. The predicted molar refractivity (Wildman–Crippen MR) is 36.6 cm³/mol. The van der Waals surface area contributed by atoms with Gasteiger partial charge in [-0.1, -0.05) is 12.7 Å². The summed E-state index contributed by atoms with van der Waals surface area (Å²) in [4.78, 5) is 7.21. The number of hydrogen-bond donors (Lipinski definition) is 0. The van der Waals surface area contributed by atoms with Gasteiger partial charge in [0.25, 0.3) is 0 Å². The van der Waals surface area contributed by atoms with Crippen molar-refractivity contribution >= 4 is 12.2 Å². The zero-order valence-corrected chi connectivity index (χ0v) is 4.83. The molecule has 0 unspecified atom stereocenters. The fourth-order valence-electron chi connectivity index (χ4n) is 0.187. The largest absolute Gasteiger partial charge is 0.276 e. The Labute approximate surface area is 49.0 Å². The number of hydrogen-bond acceptors (Lipinski definition) is 1. The van der Waals surface area contributed by atoms with E-state index >= 15 is 0 Å². The average Bonchev–Trinajstić information content (AvgIpc) is 1.81. The number of rotatable bonds is 2. The summed E-state index contributed by atoms with van der Waals surface area (Å²) < 4.78 is 0. The Morgan fingerprint density at radius 1 is 1.62 bits per heavy atom. The van der Waals surface area contributed by atoms with Crippen molar-refractivity contribution in [3.05, 3.63) is 18.7 Å². The Morgan fingerprint density at radius 2 is 2.38 bits per heavy atom. The molecule has 0 aromatic carbocycles. The highest BCUT2D eigenvalue weighted by Crippen LogP contribution is 1.58. The van der Waals surface area contributed by atoms with E-state index in [1.54, 1.807) is 19.2 Å². The van der Waals surface area contributed by atoms with Crippen molar-refractivity contribution in [3.8, 4) is 0 Å². The normalized spacial score (nSPS) is 8.12. The van der Waals surface area contributed by atoms with E-state index in [1.165, 1.54) is 6.34 Å². The summed E-state index contributed by atoms with van der Waals surface area (Å²) >= 11 is 0. The van der Waals surface area contributed by atoms with Crippen molar-refractivity contribution in [1.29, 1.82) is 0 Å². The van der Waals surface area contributed by atoms with Gasteiger partial charge in [0.2, 0.25) is 0 Å². The summed E-state index contributed by atoms with van der Waals surface area (Å²) in [6.07, 6.45) is 4.63. The second kappa shape index (κ2) is 5.86. The van der Waals surface area contributed by atoms with Crippen LogP contribution in [-0.4, -0.2) is 19.3 Å². The van der Waals surface area contributed by atoms with Gasteiger partial charge in [0.05, 0.1) is 0 Å². The third-order valence-electron chi connectivity index (χ3n) is 0.440. The molecule has 0 saturated heterocycles. The standard InChI is InChI=1S/C6H8N2/c1-3-4-5-8-6-7-2/h3-4,6H,1H2,2H3/b7-6-. The first-order chi connectivity index (χ1) is 3.91. The Hall–Kier alpha value is -1.14. The average molecular weight is 108 g/mol. The molecule has 0 aliphatic carbocycles. The highest BCUT2D eigenvalue weighted by molar-refractivity contribution is 5.69. The SMILES string of the molecule is C=CC=C=N/C=N\C. The zero-order valence-electron chi connectivity index (χ0n) is 4.83. The molecule has 0 aromatic heterocycles. The highest BCUT2D eigenvalue weighted by Gasteiger charge is 1.51. The molecule has 0 aromatic rings. The molecular formula is C6H8N2. The molecule has 0 saturated carbocycles. The summed E-state index contributed by atoms with van der Waals surface area (Å²) in [5.41, 5.74) is 0. The maximum atomic E-state index is 3.61. The van der Waals surface area contributed by atoms with Gasteiger partial charge in [-0.25, -0.2) is 0 Å². The first-order valence-electron chi connectivity index (χ1n) is 2.22. The third kappa shape index (κ3) is 4.86. The molecule has 0 amide bonds. The van der Waals surface area contributed by atoms with Crippen LogP contribution in [0.15, 0.2) is 28.7 Å². The maximum absolute atomic E-state index is 3.61. The Kier molecular flexibility index (Phi) is 5.02. The van der Waals surface area contributed by atoms with E-state index in [9.17, 15) is 0 Å². The molecule has 2 nitrogen and oxygen atoms in total. The summed E-state index contributed by atoms with van der Waals surface area (Å²) in [6.45, 7) is 3.44. The second-order valence-electron chi connectivity index (χ2n) is 1.03. The van der Waals surface area contributed by atoms with Crippen LogP contribution in [0.1, 0.15) is 0 Å². The maximum Gasteiger partial charge on any atom is 0.119 e. The van der Waals surface area contributed by atoms with Gasteiger partial charge in [0, 0.05) is 7.05 Å². The minimum atomic E-state index is 1.42. The molecule has 0 spiro atoms. The molecule has 0 rings (SSSR count). The molecule has 2 heteroatoms. The molecule has 8 heavy (non-hydrogen) atoms. The number of allylic oxidation sites excluding steroid dienone is 2. The smallest absolute Gasteiger partial charge is 0.119 e. The molecule has 42 valence electrons. The molecule has 0 aliphatic heterocycles. The monoisotopic (exact) mass is 108 g/mol. The molecular weight excluding hydrogens is 100 g/mol. The van der Waals surface area contributed by atoms with Crippen LogP contribution in [0, 0.1) is 0 Å². The molecule has 0 heterocycles. The number of nitrogens with zero attached hydrogens (tertiary/aromatic N) is 2. The third-order valence-corrected chi connectivity index (χ3v) is 0.440. The van der Waals surface area contributed by atoms with Gasteiger partial charge in [-0.2, -0.15) is 4.99 Å². The predicted octanol–water partition coefficient (Wildman–Crippen LogP) is 1.06. The summed E-state index contributed by atoms with van der Waals surface area (Å²) in [7, 11) is 1.65. The van der Waals surface area contributed by atoms with Gasteiger partial charge in [-0.15, -0.1) is 0 Å². The lowest BCUT2D eigenvalue weighted by atomic mass is 10.6. The van der Waals surface area contributed by atoms with Crippen molar-refractivity contribution in [3.63, 3.8) is 0 Å². The Morgan fingerprint density at radius 3 is 2.88 bits per heavy atom. The van der Waals surface area contributed by atoms with Gasteiger partial charge in [0.15, 0.2) is 0 Å². The van der Waals surface area contributed by atoms with Crippen LogP contribution in [-0.2, 0) is 0 Å².